The Hall–Kier alpha value is -2.93. The number of anilines is 1. The van der Waals surface area contributed by atoms with E-state index in [0.717, 1.165) is 12.1 Å². The van der Waals surface area contributed by atoms with Crippen LogP contribution in [0.4, 0.5) is 14.5 Å². The molecule has 1 amide bonds. The van der Waals surface area contributed by atoms with Crippen LogP contribution in [-0.2, 0) is 4.79 Å². The highest BCUT2D eigenvalue weighted by Crippen LogP contribution is 2.46. The fraction of sp³-hybridized carbons (Fsp3) is 0.200. The Bertz CT molecular complexity index is 1140. The molecule has 8 heteroatoms. The van der Waals surface area contributed by atoms with Gasteiger partial charge in [-0.25, -0.2) is 13.8 Å². The number of aromatic nitrogens is 2. The number of imidazole rings is 1. The number of nitrogens with zero attached hydrogens (tertiary/aromatic N) is 2. The molecule has 0 saturated carbocycles. The zero-order valence-electron chi connectivity index (χ0n) is 15.0. The van der Waals surface area contributed by atoms with Gasteiger partial charge in [0.05, 0.1) is 34.0 Å². The number of carbonyl (C=O) groups excluding carboxylic acids is 1. The van der Waals surface area contributed by atoms with E-state index in [1.165, 1.54) is 11.2 Å². The van der Waals surface area contributed by atoms with E-state index < -0.39 is 29.3 Å². The van der Waals surface area contributed by atoms with Gasteiger partial charge in [-0.3, -0.25) is 9.69 Å². The van der Waals surface area contributed by atoms with E-state index in [4.69, 9.17) is 11.6 Å². The molecule has 28 heavy (non-hydrogen) atoms. The lowest BCUT2D eigenvalue weighted by Crippen LogP contribution is -2.32. The van der Waals surface area contributed by atoms with E-state index >= 15 is 0 Å². The Morgan fingerprint density at radius 1 is 1.25 bits per heavy atom. The van der Waals surface area contributed by atoms with Gasteiger partial charge in [-0.15, -0.1) is 0 Å². The summed E-state index contributed by atoms with van der Waals surface area (Å²) in [5.41, 5.74) is 1.54. The second kappa shape index (κ2) is 6.60. The number of aliphatic hydroxyl groups is 1. The number of fused-ring (bicyclic) bond motifs is 1. The summed E-state index contributed by atoms with van der Waals surface area (Å²) in [6, 6.07) is 5.95. The maximum Gasteiger partial charge on any atom is 0.293 e. The minimum absolute atomic E-state index is 0.231. The van der Waals surface area contributed by atoms with Crippen molar-refractivity contribution in [2.75, 3.05) is 4.90 Å². The van der Waals surface area contributed by atoms with Crippen LogP contribution in [0, 0.1) is 17.6 Å². The van der Waals surface area contributed by atoms with Gasteiger partial charge < -0.3 is 10.1 Å². The largest absolute Gasteiger partial charge is 0.503 e. The van der Waals surface area contributed by atoms with E-state index in [0.29, 0.717) is 16.7 Å². The van der Waals surface area contributed by atoms with Crippen LogP contribution < -0.4 is 4.90 Å². The maximum absolute atomic E-state index is 14.9. The first-order valence-electron chi connectivity index (χ1n) is 8.64. The molecule has 4 rings (SSSR count). The van der Waals surface area contributed by atoms with E-state index in [-0.39, 0.29) is 22.1 Å². The van der Waals surface area contributed by atoms with Crippen molar-refractivity contribution < 1.29 is 18.7 Å². The Balaban J connectivity index is 1.97. The lowest BCUT2D eigenvalue weighted by molar-refractivity contribution is -0.117. The highest BCUT2D eigenvalue weighted by Gasteiger charge is 2.45. The van der Waals surface area contributed by atoms with Crippen LogP contribution in [0.15, 0.2) is 48.0 Å². The van der Waals surface area contributed by atoms with Crippen LogP contribution in [0.25, 0.3) is 11.0 Å². The Morgan fingerprint density at radius 2 is 2.00 bits per heavy atom. The van der Waals surface area contributed by atoms with Crippen LogP contribution in [0.3, 0.4) is 0 Å². The summed E-state index contributed by atoms with van der Waals surface area (Å²) >= 11 is 5.88. The molecule has 5 nitrogen and oxygen atoms in total. The summed E-state index contributed by atoms with van der Waals surface area (Å²) in [6.45, 7) is 3.49. The minimum atomic E-state index is -1.16. The highest BCUT2D eigenvalue weighted by molar-refractivity contribution is 6.30. The summed E-state index contributed by atoms with van der Waals surface area (Å²) in [7, 11) is 0. The van der Waals surface area contributed by atoms with Crippen LogP contribution >= 0.6 is 11.6 Å². The lowest BCUT2D eigenvalue weighted by Gasteiger charge is -2.29. The molecular formula is C20H16ClF2N3O2. The third-order valence-electron chi connectivity index (χ3n) is 4.90. The topological polar surface area (TPSA) is 69.2 Å². The summed E-state index contributed by atoms with van der Waals surface area (Å²) in [5.74, 6) is -3.39. The van der Waals surface area contributed by atoms with E-state index in [1.54, 1.807) is 32.0 Å². The molecule has 144 valence electrons. The van der Waals surface area contributed by atoms with Gasteiger partial charge in [0.2, 0.25) is 0 Å². The van der Waals surface area contributed by atoms with Crippen LogP contribution in [0.5, 0.6) is 0 Å². The third-order valence-corrected chi connectivity index (χ3v) is 5.20. The predicted molar refractivity (Wildman–Crippen MR) is 102 cm³/mol. The molecule has 2 heterocycles. The number of halogens is 3. The zero-order valence-corrected chi connectivity index (χ0v) is 15.8. The number of aromatic amines is 1. The standard InChI is InChI=1S/C20H16ClF2N3O2/c1-9(2)15-18(16-12(22)5-4-11(21)17(16)23)26(20(28)19(15)27)10-3-6-13-14(7-10)25-8-24-13/h3-9,18,27H,1-2H3,(H,24,25). The molecule has 1 aromatic heterocycles. The predicted octanol–water partition coefficient (Wildman–Crippen LogP) is 5.05. The SMILES string of the molecule is CC(C)C1=C(O)C(=O)N(c2ccc3nc[nH]c3c2)C1c1c(F)ccc(Cl)c1F. The quantitative estimate of drug-likeness (QED) is 0.601. The Labute approximate surface area is 164 Å². The first-order chi connectivity index (χ1) is 13.3. The molecule has 0 aliphatic carbocycles. The monoisotopic (exact) mass is 403 g/mol. The van der Waals surface area contributed by atoms with Gasteiger partial charge in [0, 0.05) is 11.3 Å². The number of hydrogen-bond acceptors (Lipinski definition) is 3. The molecule has 1 aliphatic heterocycles. The van der Waals surface area contributed by atoms with Gasteiger partial charge >= 0.3 is 0 Å². The van der Waals surface area contributed by atoms with Crippen LogP contribution in [0.2, 0.25) is 5.02 Å². The van der Waals surface area contributed by atoms with Crippen molar-refractivity contribution >= 4 is 34.2 Å². The van der Waals surface area contributed by atoms with Gasteiger partial charge in [0.25, 0.3) is 5.91 Å². The fourth-order valence-corrected chi connectivity index (χ4v) is 3.80. The van der Waals surface area contributed by atoms with Crippen molar-refractivity contribution in [3.8, 4) is 0 Å². The third kappa shape index (κ3) is 2.65. The molecule has 0 fully saturated rings. The minimum Gasteiger partial charge on any atom is -0.503 e. The molecule has 1 unspecified atom stereocenters. The molecule has 3 aromatic rings. The summed E-state index contributed by atoms with van der Waals surface area (Å²) < 4.78 is 29.6. The first-order valence-corrected chi connectivity index (χ1v) is 9.02. The van der Waals surface area contributed by atoms with Crippen molar-refractivity contribution in [3.05, 3.63) is 70.2 Å². The van der Waals surface area contributed by atoms with Crippen molar-refractivity contribution in [1.82, 2.24) is 9.97 Å². The van der Waals surface area contributed by atoms with Crippen LogP contribution in [-0.4, -0.2) is 21.0 Å². The molecule has 0 saturated heterocycles. The molecular weight excluding hydrogens is 388 g/mol. The second-order valence-electron chi connectivity index (χ2n) is 6.90. The summed E-state index contributed by atoms with van der Waals surface area (Å²) in [5, 5.41) is 10.2. The molecule has 1 atom stereocenters. The number of nitrogens with one attached hydrogen (secondary N) is 1. The summed E-state index contributed by atoms with van der Waals surface area (Å²) in [4.78, 5) is 21.1. The smallest absolute Gasteiger partial charge is 0.293 e. The number of rotatable bonds is 3. The summed E-state index contributed by atoms with van der Waals surface area (Å²) in [6.07, 6.45) is 1.50. The average Bonchev–Trinajstić information content (AvgIpc) is 3.21. The maximum atomic E-state index is 14.9. The van der Waals surface area contributed by atoms with E-state index in [2.05, 4.69) is 9.97 Å². The number of carbonyl (C=O) groups is 1. The number of hydrogen-bond donors (Lipinski definition) is 2. The highest BCUT2D eigenvalue weighted by atomic mass is 35.5. The molecule has 2 N–H and O–H groups in total. The molecule has 0 spiro atoms. The van der Waals surface area contributed by atoms with Crippen molar-refractivity contribution in [2.45, 2.75) is 19.9 Å². The van der Waals surface area contributed by atoms with Gasteiger partial charge in [0.1, 0.15) is 11.6 Å². The number of aliphatic hydroxyl groups excluding tert-OH is 1. The fourth-order valence-electron chi connectivity index (χ4n) is 3.63. The van der Waals surface area contributed by atoms with Crippen molar-refractivity contribution in [2.24, 2.45) is 5.92 Å². The molecule has 0 radical (unpaired) electrons. The Morgan fingerprint density at radius 3 is 2.71 bits per heavy atom. The second-order valence-corrected chi connectivity index (χ2v) is 7.30. The van der Waals surface area contributed by atoms with E-state index in [1.807, 2.05) is 0 Å². The van der Waals surface area contributed by atoms with Gasteiger partial charge in [-0.1, -0.05) is 25.4 Å². The molecule has 0 bridgehead atoms. The number of benzene rings is 2. The van der Waals surface area contributed by atoms with E-state index in [9.17, 15) is 18.7 Å². The average molecular weight is 404 g/mol. The molecule has 1 aliphatic rings. The number of amides is 1. The van der Waals surface area contributed by atoms with Gasteiger partial charge in [-0.05, 0) is 36.2 Å². The van der Waals surface area contributed by atoms with Crippen LogP contribution in [0.1, 0.15) is 25.5 Å². The first kappa shape index (κ1) is 18.4. The normalized spacial score (nSPS) is 17.4. The van der Waals surface area contributed by atoms with Gasteiger partial charge in [-0.2, -0.15) is 0 Å². The van der Waals surface area contributed by atoms with Gasteiger partial charge in [0.15, 0.2) is 5.76 Å². The van der Waals surface area contributed by atoms with Crippen molar-refractivity contribution in [1.29, 1.82) is 0 Å². The molecule has 2 aromatic carbocycles. The Kier molecular flexibility index (Phi) is 4.34. The number of H-pyrrole nitrogens is 1. The lowest BCUT2D eigenvalue weighted by atomic mass is 9.90. The zero-order chi connectivity index (χ0) is 20.2. The van der Waals surface area contributed by atoms with Crippen molar-refractivity contribution in [3.63, 3.8) is 0 Å².